The Hall–Kier alpha value is -2.90. The summed E-state index contributed by atoms with van der Waals surface area (Å²) in [5, 5.41) is 0. The van der Waals surface area contributed by atoms with Crippen LogP contribution < -0.4 is 9.21 Å². The van der Waals surface area contributed by atoms with Gasteiger partial charge in [-0.25, -0.2) is 8.42 Å². The van der Waals surface area contributed by atoms with E-state index in [4.69, 9.17) is 11.7 Å². The van der Waals surface area contributed by atoms with Gasteiger partial charge in [-0.1, -0.05) is 24.3 Å². The molecule has 0 atom stereocenters. The molecule has 3 aromatic rings. The predicted molar refractivity (Wildman–Crippen MR) is 117 cm³/mol. The molecule has 0 amide bonds. The number of hydrogen-bond acceptors (Lipinski definition) is 5. The number of nitrogens with zero attached hydrogens (tertiary/aromatic N) is 3. The molecule has 0 N–H and O–H groups in total. The summed E-state index contributed by atoms with van der Waals surface area (Å²) in [7, 11) is -3.79. The number of aromatic nitrogens is 1. The first-order chi connectivity index (χ1) is 14.5. The van der Waals surface area contributed by atoms with Gasteiger partial charge in [0.05, 0.1) is 36.5 Å². The van der Waals surface area contributed by atoms with Crippen LogP contribution in [0.5, 0.6) is 0 Å². The number of ether oxygens (including phenoxy) is 1. The zero-order valence-electron chi connectivity index (χ0n) is 16.5. The summed E-state index contributed by atoms with van der Waals surface area (Å²) in [4.78, 5) is 6.52. The Balaban J connectivity index is 1.65. The molecule has 0 saturated carbocycles. The molecule has 6 nitrogen and oxygen atoms in total. The van der Waals surface area contributed by atoms with Crippen molar-refractivity contribution in [2.75, 3.05) is 35.5 Å². The van der Waals surface area contributed by atoms with Crippen LogP contribution >= 0.6 is 0 Å². The van der Waals surface area contributed by atoms with E-state index in [1.807, 2.05) is 24.3 Å². The third-order valence-corrected chi connectivity index (χ3v) is 6.83. The van der Waals surface area contributed by atoms with Gasteiger partial charge in [0.2, 0.25) is 0 Å². The zero-order valence-corrected chi connectivity index (χ0v) is 17.3. The normalized spacial score (nSPS) is 14.5. The Bertz CT molecular complexity index is 1060. The van der Waals surface area contributed by atoms with E-state index in [1.165, 1.54) is 4.31 Å². The summed E-state index contributed by atoms with van der Waals surface area (Å²) in [5.74, 6) is 0. The van der Waals surface area contributed by atoms with Crippen molar-refractivity contribution in [3.8, 4) is 0 Å². The van der Waals surface area contributed by atoms with Gasteiger partial charge in [0.25, 0.3) is 10.0 Å². The molecule has 2 radical (unpaired) electrons. The number of pyridine rings is 1. The summed E-state index contributed by atoms with van der Waals surface area (Å²) in [5.41, 5.74) is 2.96. The van der Waals surface area contributed by atoms with Crippen LogP contribution in [0.2, 0.25) is 0 Å². The fraction of sp³-hybridized carbons (Fsp3) is 0.217. The highest BCUT2D eigenvalue weighted by Gasteiger charge is 2.26. The minimum absolute atomic E-state index is 0.180. The molecule has 7 heteroatoms. The maximum absolute atomic E-state index is 13.5. The molecule has 1 aliphatic heterocycles. The van der Waals surface area contributed by atoms with Gasteiger partial charge in [-0.2, -0.15) is 0 Å². The average Bonchev–Trinajstić information content (AvgIpc) is 2.80. The molecule has 2 heterocycles. The maximum Gasteiger partial charge on any atom is 0.264 e. The number of benzene rings is 2. The molecule has 0 spiro atoms. The van der Waals surface area contributed by atoms with Crippen LogP contribution in [-0.4, -0.2) is 39.7 Å². The second-order valence-electron chi connectivity index (χ2n) is 7.06. The summed E-state index contributed by atoms with van der Waals surface area (Å²) in [6.45, 7) is 8.89. The Morgan fingerprint density at radius 1 is 1.00 bits per heavy atom. The second kappa shape index (κ2) is 8.85. The molecule has 1 fully saturated rings. The van der Waals surface area contributed by atoms with Crippen molar-refractivity contribution in [1.82, 2.24) is 4.98 Å². The second-order valence-corrected chi connectivity index (χ2v) is 8.92. The highest BCUT2D eigenvalue weighted by Crippen LogP contribution is 2.27. The quantitative estimate of drug-likeness (QED) is 0.611. The molecule has 0 aliphatic carbocycles. The van der Waals surface area contributed by atoms with E-state index in [0.717, 1.165) is 24.3 Å². The first-order valence-corrected chi connectivity index (χ1v) is 11.2. The summed E-state index contributed by atoms with van der Waals surface area (Å²) < 4.78 is 33.8. The predicted octanol–water partition coefficient (Wildman–Crippen LogP) is 3.37. The highest BCUT2D eigenvalue weighted by atomic mass is 32.2. The number of anilines is 2. The van der Waals surface area contributed by atoms with E-state index in [-0.39, 0.29) is 11.4 Å². The fourth-order valence-electron chi connectivity index (χ4n) is 3.38. The molecular weight excluding hydrogens is 398 g/mol. The minimum Gasteiger partial charge on any atom is -0.378 e. The SMILES string of the molecule is [CH]c1ccc(CN(c2cccnc2)S(=O)(=O)c2ccc(N3CCOCC3)cc2)cc1. The van der Waals surface area contributed by atoms with Gasteiger partial charge < -0.3 is 9.64 Å². The third kappa shape index (κ3) is 4.47. The van der Waals surface area contributed by atoms with Crippen molar-refractivity contribution in [3.63, 3.8) is 0 Å². The van der Waals surface area contributed by atoms with E-state index in [2.05, 4.69) is 9.88 Å². The Morgan fingerprint density at radius 2 is 1.70 bits per heavy atom. The van der Waals surface area contributed by atoms with E-state index in [1.54, 1.807) is 48.8 Å². The number of morpholine rings is 1. The lowest BCUT2D eigenvalue weighted by Gasteiger charge is -2.29. The summed E-state index contributed by atoms with van der Waals surface area (Å²) in [6, 6.07) is 17.7. The van der Waals surface area contributed by atoms with Gasteiger partial charge in [0.1, 0.15) is 0 Å². The van der Waals surface area contributed by atoms with Crippen LogP contribution in [0.25, 0.3) is 0 Å². The first-order valence-electron chi connectivity index (χ1n) is 9.74. The standard InChI is InChI=1S/C23H23N3O3S/c1-19-4-6-20(7-5-19)18-26(22-3-2-12-24-17-22)30(27,28)23-10-8-21(9-11-23)25-13-15-29-16-14-25/h1-12,17H,13-16,18H2. The first kappa shape index (κ1) is 20.4. The van der Waals surface area contributed by atoms with E-state index in [0.29, 0.717) is 24.5 Å². The van der Waals surface area contributed by atoms with Crippen molar-refractivity contribution in [1.29, 1.82) is 0 Å². The summed E-state index contributed by atoms with van der Waals surface area (Å²) in [6.07, 6.45) is 3.17. The Kier molecular flexibility index (Phi) is 6.01. The molecule has 1 saturated heterocycles. The molecule has 154 valence electrons. The molecule has 4 rings (SSSR count). The lowest BCUT2D eigenvalue weighted by atomic mass is 10.1. The monoisotopic (exact) mass is 421 g/mol. The number of hydrogen-bond donors (Lipinski definition) is 0. The molecule has 2 aromatic carbocycles. The largest absolute Gasteiger partial charge is 0.378 e. The van der Waals surface area contributed by atoms with E-state index < -0.39 is 10.0 Å². The molecule has 1 aromatic heterocycles. The van der Waals surface area contributed by atoms with Crippen molar-refractivity contribution >= 4 is 21.4 Å². The lowest BCUT2D eigenvalue weighted by molar-refractivity contribution is 0.122. The minimum atomic E-state index is -3.79. The van der Waals surface area contributed by atoms with Gasteiger partial charge >= 0.3 is 0 Å². The van der Waals surface area contributed by atoms with Crippen LogP contribution in [-0.2, 0) is 21.3 Å². The van der Waals surface area contributed by atoms with Crippen molar-refractivity contribution in [3.05, 3.63) is 91.1 Å². The lowest BCUT2D eigenvalue weighted by Crippen LogP contribution is -2.36. The molecular formula is C23H23N3O3S. The van der Waals surface area contributed by atoms with Crippen LogP contribution in [0.15, 0.2) is 78.0 Å². The van der Waals surface area contributed by atoms with Crippen LogP contribution in [0.1, 0.15) is 11.1 Å². The van der Waals surface area contributed by atoms with Crippen molar-refractivity contribution in [2.45, 2.75) is 11.4 Å². The number of rotatable bonds is 6. The summed E-state index contributed by atoms with van der Waals surface area (Å²) >= 11 is 0. The fourth-order valence-corrected chi connectivity index (χ4v) is 4.82. The Morgan fingerprint density at radius 3 is 2.33 bits per heavy atom. The van der Waals surface area contributed by atoms with Crippen molar-refractivity contribution < 1.29 is 13.2 Å². The molecule has 0 unspecified atom stereocenters. The van der Waals surface area contributed by atoms with Gasteiger partial charge in [-0.05, 0) is 54.4 Å². The van der Waals surface area contributed by atoms with Crippen LogP contribution in [0.4, 0.5) is 11.4 Å². The molecule has 1 aliphatic rings. The molecule has 0 bridgehead atoms. The van der Waals surface area contributed by atoms with Crippen LogP contribution in [0, 0.1) is 6.92 Å². The zero-order chi connectivity index (χ0) is 21.0. The molecule has 30 heavy (non-hydrogen) atoms. The topological polar surface area (TPSA) is 62.7 Å². The smallest absolute Gasteiger partial charge is 0.264 e. The average molecular weight is 422 g/mol. The third-order valence-electron chi connectivity index (χ3n) is 5.04. The van der Waals surface area contributed by atoms with Crippen LogP contribution in [0.3, 0.4) is 0 Å². The van der Waals surface area contributed by atoms with Gasteiger partial charge in [-0.15, -0.1) is 0 Å². The van der Waals surface area contributed by atoms with Gasteiger partial charge in [0, 0.05) is 25.0 Å². The van der Waals surface area contributed by atoms with Crippen molar-refractivity contribution in [2.24, 2.45) is 0 Å². The van der Waals surface area contributed by atoms with Gasteiger partial charge in [-0.3, -0.25) is 9.29 Å². The van der Waals surface area contributed by atoms with E-state index >= 15 is 0 Å². The maximum atomic E-state index is 13.5. The van der Waals surface area contributed by atoms with Gasteiger partial charge in [0.15, 0.2) is 0 Å². The highest BCUT2D eigenvalue weighted by molar-refractivity contribution is 7.92. The van der Waals surface area contributed by atoms with E-state index in [9.17, 15) is 8.42 Å². The Labute approximate surface area is 177 Å². The number of sulfonamides is 1.